The normalized spacial score (nSPS) is 18.4. The summed E-state index contributed by atoms with van der Waals surface area (Å²) in [5.41, 5.74) is 1.05. The Bertz CT molecular complexity index is 699. The van der Waals surface area contributed by atoms with E-state index in [1.165, 1.54) is 0 Å². The molecule has 2 aromatic rings. The van der Waals surface area contributed by atoms with Crippen LogP contribution in [-0.2, 0) is 22.6 Å². The summed E-state index contributed by atoms with van der Waals surface area (Å²) in [5, 5.41) is 12.4. The van der Waals surface area contributed by atoms with E-state index in [-0.39, 0.29) is 30.9 Å². The fraction of sp³-hybridized carbons (Fsp3) is 0.368. The molecule has 6 heteroatoms. The molecule has 0 aliphatic carbocycles. The molecule has 2 amide bonds. The average molecular weight is 342 g/mol. The van der Waals surface area contributed by atoms with Crippen LogP contribution >= 0.6 is 0 Å². The molecule has 0 bridgehead atoms. The van der Waals surface area contributed by atoms with E-state index in [0.29, 0.717) is 25.3 Å². The van der Waals surface area contributed by atoms with Crippen LogP contribution in [0.1, 0.15) is 17.7 Å². The predicted octanol–water partition coefficient (Wildman–Crippen LogP) is 1.35. The zero-order valence-corrected chi connectivity index (χ0v) is 13.9. The third kappa shape index (κ3) is 4.48. The average Bonchev–Trinajstić information content (AvgIpc) is 3.26. The molecule has 25 heavy (non-hydrogen) atoms. The fourth-order valence-corrected chi connectivity index (χ4v) is 3.07. The standard InChI is InChI=1S/C19H22N2O4/c22-13-16(9-14-5-2-1-3-6-14)20-19(24)15-10-18(23)21(11-15)12-17-7-4-8-25-17/h1-8,15-16,22H,9-13H2,(H,20,24)/t15-,16-/m1/s1. The Labute approximate surface area is 146 Å². The lowest BCUT2D eigenvalue weighted by atomic mass is 10.0. The van der Waals surface area contributed by atoms with Crippen LogP contribution in [0.5, 0.6) is 0 Å². The Hall–Kier alpha value is -2.60. The maximum Gasteiger partial charge on any atom is 0.225 e. The van der Waals surface area contributed by atoms with Crippen LogP contribution in [0.15, 0.2) is 53.1 Å². The molecule has 2 atom stereocenters. The summed E-state index contributed by atoms with van der Waals surface area (Å²) in [7, 11) is 0. The van der Waals surface area contributed by atoms with Crippen LogP contribution in [0.4, 0.5) is 0 Å². The molecule has 0 spiro atoms. The van der Waals surface area contributed by atoms with Gasteiger partial charge in [0.25, 0.3) is 0 Å². The molecule has 3 rings (SSSR count). The lowest BCUT2D eigenvalue weighted by molar-refractivity contribution is -0.129. The number of carbonyl (C=O) groups is 2. The number of furan rings is 1. The SMILES string of the molecule is O=C(N[C@@H](CO)Cc1ccccc1)[C@@H]1CC(=O)N(Cc2ccco2)C1. The molecule has 1 aromatic heterocycles. The highest BCUT2D eigenvalue weighted by Gasteiger charge is 2.35. The number of benzene rings is 1. The van der Waals surface area contributed by atoms with Gasteiger partial charge in [-0.25, -0.2) is 0 Å². The second-order valence-electron chi connectivity index (χ2n) is 6.33. The first-order chi connectivity index (χ1) is 12.2. The van der Waals surface area contributed by atoms with Gasteiger partial charge in [0.1, 0.15) is 5.76 Å². The summed E-state index contributed by atoms with van der Waals surface area (Å²) in [4.78, 5) is 26.2. The molecule has 2 heterocycles. The van der Waals surface area contributed by atoms with Crippen LogP contribution in [0, 0.1) is 5.92 Å². The van der Waals surface area contributed by atoms with Crippen LogP contribution < -0.4 is 5.32 Å². The number of nitrogens with zero attached hydrogens (tertiary/aromatic N) is 1. The minimum Gasteiger partial charge on any atom is -0.467 e. The lowest BCUT2D eigenvalue weighted by Crippen LogP contribution is -2.43. The Morgan fingerprint density at radius 3 is 2.76 bits per heavy atom. The van der Waals surface area contributed by atoms with E-state index >= 15 is 0 Å². The Morgan fingerprint density at radius 2 is 2.08 bits per heavy atom. The molecule has 0 radical (unpaired) electrons. The van der Waals surface area contributed by atoms with Crippen molar-refractivity contribution in [3.05, 3.63) is 60.1 Å². The van der Waals surface area contributed by atoms with Gasteiger partial charge in [-0.2, -0.15) is 0 Å². The first-order valence-electron chi connectivity index (χ1n) is 8.41. The molecule has 1 aliphatic heterocycles. The van der Waals surface area contributed by atoms with Gasteiger partial charge in [-0.15, -0.1) is 0 Å². The van der Waals surface area contributed by atoms with Crippen molar-refractivity contribution in [3.8, 4) is 0 Å². The number of carbonyl (C=O) groups excluding carboxylic acids is 2. The van der Waals surface area contributed by atoms with Crippen molar-refractivity contribution in [3.63, 3.8) is 0 Å². The van der Waals surface area contributed by atoms with Crippen molar-refractivity contribution in [1.82, 2.24) is 10.2 Å². The van der Waals surface area contributed by atoms with Gasteiger partial charge in [0.2, 0.25) is 11.8 Å². The van der Waals surface area contributed by atoms with Crippen molar-refractivity contribution < 1.29 is 19.1 Å². The van der Waals surface area contributed by atoms with Gasteiger partial charge in [-0.05, 0) is 24.1 Å². The number of amides is 2. The number of aliphatic hydroxyl groups excluding tert-OH is 1. The molecule has 0 saturated carbocycles. The maximum absolute atomic E-state index is 12.5. The van der Waals surface area contributed by atoms with Gasteiger partial charge < -0.3 is 19.7 Å². The van der Waals surface area contributed by atoms with Crippen molar-refractivity contribution in [2.45, 2.75) is 25.4 Å². The number of hydrogen-bond donors (Lipinski definition) is 2. The van der Waals surface area contributed by atoms with Crippen LogP contribution in [0.2, 0.25) is 0 Å². The van der Waals surface area contributed by atoms with Gasteiger partial charge in [0.15, 0.2) is 0 Å². The monoisotopic (exact) mass is 342 g/mol. The van der Waals surface area contributed by atoms with Gasteiger partial charge in [-0.1, -0.05) is 30.3 Å². The zero-order chi connectivity index (χ0) is 17.6. The Kier molecular flexibility index (Phi) is 5.50. The van der Waals surface area contributed by atoms with Gasteiger partial charge in [0, 0.05) is 13.0 Å². The highest BCUT2D eigenvalue weighted by molar-refractivity contribution is 5.89. The maximum atomic E-state index is 12.5. The highest BCUT2D eigenvalue weighted by atomic mass is 16.3. The number of rotatable bonds is 7. The lowest BCUT2D eigenvalue weighted by Gasteiger charge is -2.19. The number of likely N-dealkylation sites (tertiary alicyclic amines) is 1. The van der Waals surface area contributed by atoms with Gasteiger partial charge in [-0.3, -0.25) is 9.59 Å². The van der Waals surface area contributed by atoms with Crippen LogP contribution in [-0.4, -0.2) is 41.0 Å². The van der Waals surface area contributed by atoms with E-state index in [9.17, 15) is 14.7 Å². The zero-order valence-electron chi connectivity index (χ0n) is 13.9. The molecule has 132 valence electrons. The summed E-state index contributed by atoms with van der Waals surface area (Å²) >= 11 is 0. The second-order valence-corrected chi connectivity index (χ2v) is 6.33. The van der Waals surface area contributed by atoms with Crippen LogP contribution in [0.3, 0.4) is 0 Å². The van der Waals surface area contributed by atoms with Crippen LogP contribution in [0.25, 0.3) is 0 Å². The summed E-state index contributed by atoms with van der Waals surface area (Å²) in [6, 6.07) is 12.9. The molecule has 6 nitrogen and oxygen atoms in total. The minimum atomic E-state index is -0.396. The summed E-state index contributed by atoms with van der Waals surface area (Å²) < 4.78 is 5.26. The number of hydrogen-bond acceptors (Lipinski definition) is 4. The van der Waals surface area contributed by atoms with Crippen molar-refractivity contribution in [1.29, 1.82) is 0 Å². The van der Waals surface area contributed by atoms with Crippen molar-refractivity contribution in [2.24, 2.45) is 5.92 Å². The Balaban J connectivity index is 1.54. The van der Waals surface area contributed by atoms with Crippen molar-refractivity contribution >= 4 is 11.8 Å². The topological polar surface area (TPSA) is 82.8 Å². The van der Waals surface area contributed by atoms with Gasteiger partial charge in [0.05, 0.1) is 31.4 Å². The quantitative estimate of drug-likeness (QED) is 0.796. The molecular weight excluding hydrogens is 320 g/mol. The Morgan fingerprint density at radius 1 is 1.28 bits per heavy atom. The minimum absolute atomic E-state index is 0.0554. The van der Waals surface area contributed by atoms with E-state index in [1.807, 2.05) is 36.4 Å². The van der Waals surface area contributed by atoms with E-state index in [4.69, 9.17) is 4.42 Å². The molecular formula is C19H22N2O4. The molecule has 1 fully saturated rings. The second kappa shape index (κ2) is 7.98. The predicted molar refractivity (Wildman–Crippen MR) is 91.4 cm³/mol. The molecule has 0 unspecified atom stereocenters. The fourth-order valence-electron chi connectivity index (χ4n) is 3.07. The third-order valence-corrected chi connectivity index (χ3v) is 4.40. The van der Waals surface area contributed by atoms with E-state index in [0.717, 1.165) is 5.56 Å². The highest BCUT2D eigenvalue weighted by Crippen LogP contribution is 2.21. The van der Waals surface area contributed by atoms with Gasteiger partial charge >= 0.3 is 0 Å². The number of nitrogens with one attached hydrogen (secondary N) is 1. The molecule has 1 saturated heterocycles. The first kappa shape index (κ1) is 17.2. The summed E-state index contributed by atoms with van der Waals surface area (Å²) in [6.07, 6.45) is 2.31. The third-order valence-electron chi connectivity index (χ3n) is 4.40. The van der Waals surface area contributed by atoms with Crippen molar-refractivity contribution in [2.75, 3.05) is 13.2 Å². The summed E-state index contributed by atoms with van der Waals surface area (Å²) in [5.74, 6) is 0.0597. The molecule has 2 N–H and O–H groups in total. The smallest absolute Gasteiger partial charge is 0.225 e. The molecule has 1 aromatic carbocycles. The summed E-state index contributed by atoms with van der Waals surface area (Å²) in [6.45, 7) is 0.606. The van der Waals surface area contributed by atoms with E-state index < -0.39 is 5.92 Å². The number of aliphatic hydroxyl groups is 1. The first-order valence-corrected chi connectivity index (χ1v) is 8.41. The van der Waals surface area contributed by atoms with E-state index in [1.54, 1.807) is 17.2 Å². The molecule has 1 aliphatic rings. The van der Waals surface area contributed by atoms with E-state index in [2.05, 4.69) is 5.32 Å². The largest absolute Gasteiger partial charge is 0.467 e.